The van der Waals surface area contributed by atoms with Crippen molar-refractivity contribution in [3.05, 3.63) is 28.2 Å². The van der Waals surface area contributed by atoms with Gasteiger partial charge in [-0.2, -0.15) is 0 Å². The largest absolute Gasteiger partial charge is 0.396 e. The van der Waals surface area contributed by atoms with Gasteiger partial charge in [-0.3, -0.25) is 0 Å². The van der Waals surface area contributed by atoms with Gasteiger partial charge in [-0.15, -0.1) is 0 Å². The summed E-state index contributed by atoms with van der Waals surface area (Å²) in [6.07, 6.45) is 0. The van der Waals surface area contributed by atoms with E-state index in [2.05, 4.69) is 40.3 Å². The number of hydrogen-bond donors (Lipinski definition) is 2. The first-order chi connectivity index (χ1) is 6.94. The van der Waals surface area contributed by atoms with Crippen LogP contribution in [0.2, 0.25) is 0 Å². The van der Waals surface area contributed by atoms with Crippen LogP contribution in [0.25, 0.3) is 0 Å². The van der Waals surface area contributed by atoms with Crippen LogP contribution in [0.15, 0.2) is 22.7 Å². The molecule has 2 nitrogen and oxygen atoms in total. The standard InChI is InChI=1S/C12H18BrNO/c1-9-4-5-11(10(13)6-9)14-7-12(2,3)8-15/h4-6,14-15H,7-8H2,1-3H3. The molecule has 2 N–H and O–H groups in total. The summed E-state index contributed by atoms with van der Waals surface area (Å²) in [6.45, 7) is 7.06. The molecule has 84 valence electrons. The lowest BCUT2D eigenvalue weighted by molar-refractivity contribution is 0.171. The van der Waals surface area contributed by atoms with Crippen molar-refractivity contribution in [2.24, 2.45) is 5.41 Å². The molecule has 1 rings (SSSR count). The molecule has 0 saturated heterocycles. The SMILES string of the molecule is Cc1ccc(NCC(C)(C)CO)c(Br)c1. The molecule has 0 aromatic heterocycles. The second-order valence-corrected chi connectivity index (χ2v) is 5.51. The highest BCUT2D eigenvalue weighted by Crippen LogP contribution is 2.25. The minimum absolute atomic E-state index is 0.0929. The summed E-state index contributed by atoms with van der Waals surface area (Å²) >= 11 is 3.51. The molecular weight excluding hydrogens is 254 g/mol. The fraction of sp³-hybridized carbons (Fsp3) is 0.500. The van der Waals surface area contributed by atoms with Crippen molar-refractivity contribution in [2.45, 2.75) is 20.8 Å². The number of hydrogen-bond acceptors (Lipinski definition) is 2. The van der Waals surface area contributed by atoms with Gasteiger partial charge in [0.1, 0.15) is 0 Å². The van der Waals surface area contributed by atoms with Gasteiger partial charge < -0.3 is 10.4 Å². The van der Waals surface area contributed by atoms with E-state index in [9.17, 15) is 0 Å². The van der Waals surface area contributed by atoms with Gasteiger partial charge in [0.05, 0.1) is 0 Å². The third-order valence-corrected chi connectivity index (χ3v) is 2.97. The second kappa shape index (κ2) is 4.99. The molecule has 0 saturated carbocycles. The van der Waals surface area contributed by atoms with Crippen LogP contribution in [0, 0.1) is 12.3 Å². The number of rotatable bonds is 4. The summed E-state index contributed by atoms with van der Waals surface area (Å²) in [4.78, 5) is 0. The number of aliphatic hydroxyl groups excluding tert-OH is 1. The van der Waals surface area contributed by atoms with Crippen molar-refractivity contribution in [1.82, 2.24) is 0 Å². The molecule has 0 spiro atoms. The van der Waals surface area contributed by atoms with E-state index >= 15 is 0 Å². The summed E-state index contributed by atoms with van der Waals surface area (Å²) in [7, 11) is 0. The van der Waals surface area contributed by atoms with Gasteiger partial charge in [0.2, 0.25) is 0 Å². The minimum Gasteiger partial charge on any atom is -0.396 e. The molecule has 0 atom stereocenters. The van der Waals surface area contributed by atoms with Crippen LogP contribution in [-0.4, -0.2) is 18.3 Å². The minimum atomic E-state index is -0.0929. The van der Waals surface area contributed by atoms with Crippen LogP contribution in [0.4, 0.5) is 5.69 Å². The summed E-state index contributed by atoms with van der Waals surface area (Å²) < 4.78 is 1.07. The maximum Gasteiger partial charge on any atom is 0.0498 e. The predicted molar refractivity (Wildman–Crippen MR) is 68.2 cm³/mol. The van der Waals surface area contributed by atoms with Gasteiger partial charge in [0.15, 0.2) is 0 Å². The molecule has 0 radical (unpaired) electrons. The molecule has 0 fully saturated rings. The van der Waals surface area contributed by atoms with Crippen molar-refractivity contribution in [1.29, 1.82) is 0 Å². The molecule has 0 heterocycles. The lowest BCUT2D eigenvalue weighted by Gasteiger charge is -2.23. The van der Waals surface area contributed by atoms with E-state index in [1.54, 1.807) is 0 Å². The van der Waals surface area contributed by atoms with Crippen molar-refractivity contribution in [2.75, 3.05) is 18.5 Å². The normalized spacial score (nSPS) is 11.5. The van der Waals surface area contributed by atoms with Gasteiger partial charge in [-0.05, 0) is 40.5 Å². The molecule has 0 amide bonds. The Labute approximate surface area is 99.8 Å². The molecule has 0 aliphatic rings. The Bertz CT molecular complexity index is 336. The highest BCUT2D eigenvalue weighted by Gasteiger charge is 2.16. The zero-order chi connectivity index (χ0) is 11.5. The molecule has 0 aliphatic carbocycles. The first-order valence-electron chi connectivity index (χ1n) is 5.05. The molecule has 0 aliphatic heterocycles. The Morgan fingerprint density at radius 3 is 2.60 bits per heavy atom. The number of aryl methyl sites for hydroxylation is 1. The first kappa shape index (κ1) is 12.5. The molecule has 1 aromatic carbocycles. The van der Waals surface area contributed by atoms with E-state index in [-0.39, 0.29) is 12.0 Å². The quantitative estimate of drug-likeness (QED) is 0.882. The van der Waals surface area contributed by atoms with Crippen LogP contribution in [-0.2, 0) is 0 Å². The van der Waals surface area contributed by atoms with Crippen LogP contribution in [0.1, 0.15) is 19.4 Å². The van der Waals surface area contributed by atoms with Crippen LogP contribution in [0.5, 0.6) is 0 Å². The highest BCUT2D eigenvalue weighted by atomic mass is 79.9. The number of anilines is 1. The molecule has 3 heteroatoms. The van der Waals surface area contributed by atoms with Crippen molar-refractivity contribution < 1.29 is 5.11 Å². The number of aliphatic hydroxyl groups is 1. The maximum atomic E-state index is 9.13. The Kier molecular flexibility index (Phi) is 4.17. The molecule has 15 heavy (non-hydrogen) atoms. The molecule has 1 aromatic rings. The second-order valence-electron chi connectivity index (χ2n) is 4.66. The van der Waals surface area contributed by atoms with Crippen molar-refractivity contribution in [3.8, 4) is 0 Å². The third kappa shape index (κ3) is 3.84. The Morgan fingerprint density at radius 2 is 2.07 bits per heavy atom. The lowest BCUT2D eigenvalue weighted by Crippen LogP contribution is -2.26. The summed E-state index contributed by atoms with van der Waals surface area (Å²) in [5, 5.41) is 12.5. The van der Waals surface area contributed by atoms with Crippen LogP contribution in [0.3, 0.4) is 0 Å². The van der Waals surface area contributed by atoms with Crippen molar-refractivity contribution >= 4 is 21.6 Å². The van der Waals surface area contributed by atoms with Gasteiger partial charge in [-0.25, -0.2) is 0 Å². The van der Waals surface area contributed by atoms with Crippen molar-refractivity contribution in [3.63, 3.8) is 0 Å². The van der Waals surface area contributed by atoms with Gasteiger partial charge in [-0.1, -0.05) is 19.9 Å². The Morgan fingerprint density at radius 1 is 1.40 bits per heavy atom. The van der Waals surface area contributed by atoms with E-state index in [4.69, 9.17) is 5.11 Å². The number of nitrogens with one attached hydrogen (secondary N) is 1. The fourth-order valence-corrected chi connectivity index (χ4v) is 1.79. The number of halogens is 1. The maximum absolute atomic E-state index is 9.13. The van der Waals surface area contributed by atoms with E-state index in [0.717, 1.165) is 16.7 Å². The Hall–Kier alpha value is -0.540. The van der Waals surface area contributed by atoms with Gasteiger partial charge in [0, 0.05) is 28.7 Å². The first-order valence-corrected chi connectivity index (χ1v) is 5.85. The Balaban J connectivity index is 2.66. The highest BCUT2D eigenvalue weighted by molar-refractivity contribution is 9.10. The van der Waals surface area contributed by atoms with E-state index in [0.29, 0.717) is 0 Å². The summed E-state index contributed by atoms with van der Waals surface area (Å²) in [5.41, 5.74) is 2.21. The van der Waals surface area contributed by atoms with Crippen LogP contribution < -0.4 is 5.32 Å². The third-order valence-electron chi connectivity index (χ3n) is 2.31. The molecule has 0 unspecified atom stereocenters. The zero-order valence-electron chi connectivity index (χ0n) is 9.47. The monoisotopic (exact) mass is 271 g/mol. The summed E-state index contributed by atoms with van der Waals surface area (Å²) in [5.74, 6) is 0. The smallest absolute Gasteiger partial charge is 0.0498 e. The zero-order valence-corrected chi connectivity index (χ0v) is 11.1. The molecular formula is C12H18BrNO. The van der Waals surface area contributed by atoms with Crippen LogP contribution >= 0.6 is 15.9 Å². The van der Waals surface area contributed by atoms with E-state index < -0.39 is 0 Å². The van der Waals surface area contributed by atoms with E-state index in [1.165, 1.54) is 5.56 Å². The average Bonchev–Trinajstić information content (AvgIpc) is 2.16. The lowest BCUT2D eigenvalue weighted by atomic mass is 9.95. The average molecular weight is 272 g/mol. The molecule has 0 bridgehead atoms. The summed E-state index contributed by atoms with van der Waals surface area (Å²) in [6, 6.07) is 6.19. The van der Waals surface area contributed by atoms with E-state index in [1.807, 2.05) is 19.9 Å². The fourth-order valence-electron chi connectivity index (χ4n) is 1.15. The topological polar surface area (TPSA) is 32.3 Å². The van der Waals surface area contributed by atoms with Gasteiger partial charge in [0.25, 0.3) is 0 Å². The number of benzene rings is 1. The van der Waals surface area contributed by atoms with Gasteiger partial charge >= 0.3 is 0 Å². The predicted octanol–water partition coefficient (Wildman–Crippen LogP) is 3.19.